The molecular weight excluding hydrogens is 383 g/mol. The Kier molecular flexibility index (Phi) is 8.90. The number of rotatable bonds is 9. The van der Waals surface area contributed by atoms with Crippen LogP contribution in [0, 0.1) is 23.6 Å². The third-order valence-electron chi connectivity index (χ3n) is 7.39. The van der Waals surface area contributed by atoms with Gasteiger partial charge in [0.05, 0.1) is 11.6 Å². The molecule has 162 valence electrons. The number of hydrogen-bond donors (Lipinski definition) is 0. The minimum absolute atomic E-state index is 0.271. The van der Waals surface area contributed by atoms with Crippen LogP contribution in [-0.2, 0) is 0 Å². The summed E-state index contributed by atoms with van der Waals surface area (Å²) in [6.07, 6.45) is 17.8. The van der Waals surface area contributed by atoms with E-state index in [4.69, 9.17) is 16.3 Å². The predicted molar refractivity (Wildman–Crippen MR) is 121 cm³/mol. The Labute approximate surface area is 182 Å². The number of allylic oxidation sites excluding steroid dienone is 1. The molecule has 0 aliphatic heterocycles. The summed E-state index contributed by atoms with van der Waals surface area (Å²) in [5.41, 5.74) is 0.976. The topological polar surface area (TPSA) is 9.23 Å². The Hall–Kier alpha value is -1.02. The molecule has 0 heterocycles. The van der Waals surface area contributed by atoms with Crippen molar-refractivity contribution in [2.24, 2.45) is 17.8 Å². The lowest BCUT2D eigenvalue weighted by molar-refractivity contribution is 0.225. The third-order valence-corrected chi connectivity index (χ3v) is 7.78. The van der Waals surface area contributed by atoms with Crippen molar-refractivity contribution in [3.05, 3.63) is 41.2 Å². The second-order valence-electron chi connectivity index (χ2n) is 9.26. The van der Waals surface area contributed by atoms with Crippen LogP contribution in [0.5, 0.6) is 5.75 Å². The Morgan fingerprint density at radius 2 is 1.52 bits per heavy atom. The molecule has 0 aromatic heterocycles. The fraction of sp³-hybridized carbons (Fsp3) is 0.692. The van der Waals surface area contributed by atoms with E-state index in [1.54, 1.807) is 6.07 Å². The Morgan fingerprint density at radius 3 is 2.07 bits per heavy atom. The van der Waals surface area contributed by atoms with E-state index >= 15 is 0 Å². The maximum Gasteiger partial charge on any atom is 0.183 e. The highest BCUT2D eigenvalue weighted by Crippen LogP contribution is 2.43. The van der Waals surface area contributed by atoms with Crippen LogP contribution in [0.4, 0.5) is 4.39 Å². The van der Waals surface area contributed by atoms with E-state index in [0.29, 0.717) is 12.5 Å². The molecule has 0 bridgehead atoms. The van der Waals surface area contributed by atoms with Crippen LogP contribution in [0.2, 0.25) is 5.02 Å². The van der Waals surface area contributed by atoms with Gasteiger partial charge in [-0.3, -0.25) is 0 Å². The van der Waals surface area contributed by atoms with Crippen molar-refractivity contribution >= 4 is 11.6 Å². The smallest absolute Gasteiger partial charge is 0.183 e. The number of benzene rings is 1. The van der Waals surface area contributed by atoms with Gasteiger partial charge in [-0.15, -0.1) is 6.58 Å². The molecule has 1 aromatic rings. The van der Waals surface area contributed by atoms with E-state index < -0.39 is 5.82 Å². The molecule has 0 radical (unpaired) electrons. The fourth-order valence-electron chi connectivity index (χ4n) is 5.52. The molecule has 1 aromatic carbocycles. The van der Waals surface area contributed by atoms with Gasteiger partial charge < -0.3 is 4.74 Å². The van der Waals surface area contributed by atoms with Crippen LogP contribution in [0.15, 0.2) is 24.8 Å². The van der Waals surface area contributed by atoms with Gasteiger partial charge in [-0.25, -0.2) is 4.39 Å². The molecule has 0 N–H and O–H groups in total. The van der Waals surface area contributed by atoms with Gasteiger partial charge in [0.25, 0.3) is 0 Å². The quantitative estimate of drug-likeness (QED) is 0.363. The summed E-state index contributed by atoms with van der Waals surface area (Å²) in [6, 6.07) is 3.73. The first-order valence-corrected chi connectivity index (χ1v) is 12.2. The van der Waals surface area contributed by atoms with Crippen molar-refractivity contribution in [2.45, 2.75) is 89.9 Å². The fourth-order valence-corrected chi connectivity index (χ4v) is 5.84. The van der Waals surface area contributed by atoms with Gasteiger partial charge in [0, 0.05) is 0 Å². The highest BCUT2D eigenvalue weighted by molar-refractivity contribution is 6.31. The second-order valence-corrected chi connectivity index (χ2v) is 9.64. The van der Waals surface area contributed by atoms with Crippen molar-refractivity contribution in [3.8, 4) is 5.75 Å². The SMILES string of the molecule is C=CCCC1CCC(CCC2CCC(c3ccc(OCC)c(F)c3Cl)CC2)CC1. The standard InChI is InChI=1S/C26H38ClFO/c1-3-5-6-19-7-9-20(10-8-19)11-12-21-13-15-22(16-14-21)23-17-18-24(29-4-2)26(28)25(23)27/h3,17-22H,1,4-16H2,2H3. The normalized spacial score (nSPS) is 27.6. The van der Waals surface area contributed by atoms with Crippen LogP contribution in [0.1, 0.15) is 95.5 Å². The molecule has 2 aliphatic rings. The van der Waals surface area contributed by atoms with E-state index in [1.165, 1.54) is 64.2 Å². The molecule has 0 atom stereocenters. The summed E-state index contributed by atoms with van der Waals surface area (Å²) in [7, 11) is 0. The molecule has 2 aliphatic carbocycles. The highest BCUT2D eigenvalue weighted by atomic mass is 35.5. The molecular formula is C26H38ClFO. The van der Waals surface area contributed by atoms with Crippen LogP contribution in [0.25, 0.3) is 0 Å². The third kappa shape index (κ3) is 6.23. The summed E-state index contributed by atoms with van der Waals surface area (Å²) in [6.45, 7) is 6.17. The molecule has 1 nitrogen and oxygen atoms in total. The summed E-state index contributed by atoms with van der Waals surface area (Å²) in [5, 5.41) is 0.271. The number of halogens is 2. The van der Waals surface area contributed by atoms with Crippen molar-refractivity contribution in [1.29, 1.82) is 0 Å². The summed E-state index contributed by atoms with van der Waals surface area (Å²) >= 11 is 6.35. The zero-order chi connectivity index (χ0) is 20.6. The summed E-state index contributed by atoms with van der Waals surface area (Å²) in [5.74, 6) is 3.01. The van der Waals surface area contributed by atoms with Crippen molar-refractivity contribution < 1.29 is 9.13 Å². The summed E-state index contributed by atoms with van der Waals surface area (Å²) < 4.78 is 19.8. The van der Waals surface area contributed by atoms with Crippen LogP contribution < -0.4 is 4.74 Å². The maximum atomic E-state index is 14.4. The number of ether oxygens (including phenoxy) is 1. The molecule has 2 fully saturated rings. The minimum atomic E-state index is -0.392. The average Bonchev–Trinajstić information content (AvgIpc) is 2.75. The van der Waals surface area contributed by atoms with Gasteiger partial charge in [-0.1, -0.05) is 62.3 Å². The van der Waals surface area contributed by atoms with Crippen LogP contribution in [-0.4, -0.2) is 6.61 Å². The first kappa shape index (κ1) is 22.7. The Bertz CT molecular complexity index is 642. The van der Waals surface area contributed by atoms with Crippen molar-refractivity contribution in [3.63, 3.8) is 0 Å². The van der Waals surface area contributed by atoms with Crippen LogP contribution in [0.3, 0.4) is 0 Å². The monoisotopic (exact) mass is 420 g/mol. The lowest BCUT2D eigenvalue weighted by atomic mass is 9.74. The van der Waals surface area contributed by atoms with E-state index in [-0.39, 0.29) is 10.8 Å². The van der Waals surface area contributed by atoms with Gasteiger partial charge in [0.15, 0.2) is 11.6 Å². The first-order valence-electron chi connectivity index (χ1n) is 11.8. The largest absolute Gasteiger partial charge is 0.491 e. The molecule has 0 spiro atoms. The maximum absolute atomic E-state index is 14.4. The Balaban J connectivity index is 1.41. The van der Waals surface area contributed by atoms with E-state index in [9.17, 15) is 4.39 Å². The lowest BCUT2D eigenvalue weighted by Crippen LogP contribution is -2.18. The van der Waals surface area contributed by atoms with E-state index in [1.807, 2.05) is 13.0 Å². The first-order chi connectivity index (χ1) is 14.1. The van der Waals surface area contributed by atoms with Crippen molar-refractivity contribution in [2.75, 3.05) is 6.61 Å². The molecule has 3 heteroatoms. The van der Waals surface area contributed by atoms with Crippen LogP contribution >= 0.6 is 11.6 Å². The van der Waals surface area contributed by atoms with Gasteiger partial charge in [-0.2, -0.15) is 0 Å². The summed E-state index contributed by atoms with van der Waals surface area (Å²) in [4.78, 5) is 0. The minimum Gasteiger partial charge on any atom is -0.491 e. The van der Waals surface area contributed by atoms with Gasteiger partial charge >= 0.3 is 0 Å². The molecule has 0 unspecified atom stereocenters. The van der Waals surface area contributed by atoms with Gasteiger partial charge in [0.2, 0.25) is 0 Å². The number of hydrogen-bond acceptors (Lipinski definition) is 1. The molecule has 29 heavy (non-hydrogen) atoms. The lowest BCUT2D eigenvalue weighted by Gasteiger charge is -2.32. The van der Waals surface area contributed by atoms with Crippen molar-refractivity contribution in [1.82, 2.24) is 0 Å². The van der Waals surface area contributed by atoms with E-state index in [0.717, 1.165) is 36.2 Å². The molecule has 3 rings (SSSR count). The second kappa shape index (κ2) is 11.4. The highest BCUT2D eigenvalue weighted by Gasteiger charge is 2.27. The average molecular weight is 421 g/mol. The predicted octanol–water partition coefficient (Wildman–Crippen LogP) is 8.70. The molecule has 0 amide bonds. The zero-order valence-corrected chi connectivity index (χ0v) is 18.9. The van der Waals surface area contributed by atoms with Gasteiger partial charge in [0.1, 0.15) is 0 Å². The van der Waals surface area contributed by atoms with E-state index in [2.05, 4.69) is 12.7 Å². The Morgan fingerprint density at radius 1 is 0.966 bits per heavy atom. The van der Waals surface area contributed by atoms with Gasteiger partial charge in [-0.05, 0) is 80.8 Å². The zero-order valence-electron chi connectivity index (χ0n) is 18.1. The molecule has 2 saturated carbocycles. The molecule has 0 saturated heterocycles.